The molecule has 1 rings (SSSR count). The first-order chi connectivity index (χ1) is 8.67. The molecular weight excluding hydrogens is 271 g/mol. The van der Waals surface area contributed by atoms with Crippen LogP contribution in [0.3, 0.4) is 0 Å². The van der Waals surface area contributed by atoms with Crippen molar-refractivity contribution in [1.82, 2.24) is 5.43 Å². The van der Waals surface area contributed by atoms with Crippen LogP contribution < -0.4 is 11.2 Å². The molecule has 0 unspecified atom stereocenters. The van der Waals surface area contributed by atoms with Gasteiger partial charge in [0.15, 0.2) is 0 Å². The summed E-state index contributed by atoms with van der Waals surface area (Å²) in [6.07, 6.45) is 2.98. The van der Waals surface area contributed by atoms with E-state index >= 15 is 0 Å². The molecule has 98 valence electrons. The number of unbranched alkanes of at least 4 members (excludes halogenated alkanes) is 1. The van der Waals surface area contributed by atoms with Gasteiger partial charge in [0.05, 0.1) is 5.71 Å². The van der Waals surface area contributed by atoms with E-state index in [2.05, 4.69) is 22.0 Å². The summed E-state index contributed by atoms with van der Waals surface area (Å²) in [7, 11) is 0. The fourth-order valence-corrected chi connectivity index (χ4v) is 1.56. The van der Waals surface area contributed by atoms with E-state index in [9.17, 15) is 0 Å². The lowest BCUT2D eigenvalue weighted by Crippen LogP contribution is -2.27. The summed E-state index contributed by atoms with van der Waals surface area (Å²) in [4.78, 5) is 0. The SMILES string of the molecule is CCCCC(=NN/C(N)=N/Cl)c1ccc(Cl)cc1. The second-order valence-corrected chi connectivity index (χ2v) is 4.36. The summed E-state index contributed by atoms with van der Waals surface area (Å²) in [5.41, 5.74) is 9.94. The third-order valence-corrected chi connectivity index (χ3v) is 2.78. The van der Waals surface area contributed by atoms with Gasteiger partial charge in [-0.1, -0.05) is 37.1 Å². The van der Waals surface area contributed by atoms with E-state index in [4.69, 9.17) is 29.1 Å². The van der Waals surface area contributed by atoms with Gasteiger partial charge in [-0.15, -0.1) is 4.51 Å². The van der Waals surface area contributed by atoms with Crippen LogP contribution in [-0.2, 0) is 0 Å². The molecular formula is C12H16Cl2N4. The zero-order valence-corrected chi connectivity index (χ0v) is 11.7. The maximum Gasteiger partial charge on any atom is 0.226 e. The quantitative estimate of drug-likeness (QED) is 0.496. The fraction of sp³-hybridized carbons (Fsp3) is 0.333. The molecule has 0 aliphatic heterocycles. The molecule has 0 atom stereocenters. The van der Waals surface area contributed by atoms with Crippen LogP contribution in [0, 0.1) is 0 Å². The molecule has 3 N–H and O–H groups in total. The standard InChI is InChI=1S/C12H16Cl2N4/c1-2-3-4-11(17-18-12(15)16-14)9-5-7-10(13)8-6-9/h5-8H,2-4H2,1H3,(H3,15,16,18). The molecule has 0 spiro atoms. The predicted molar refractivity (Wildman–Crippen MR) is 78.1 cm³/mol. The van der Waals surface area contributed by atoms with Crippen molar-refractivity contribution in [2.24, 2.45) is 15.3 Å². The van der Waals surface area contributed by atoms with Gasteiger partial charge in [-0.3, -0.25) is 0 Å². The summed E-state index contributed by atoms with van der Waals surface area (Å²) >= 11 is 11.1. The summed E-state index contributed by atoms with van der Waals surface area (Å²) in [5, 5.41) is 4.91. The van der Waals surface area contributed by atoms with Crippen molar-refractivity contribution in [3.05, 3.63) is 34.9 Å². The van der Waals surface area contributed by atoms with Crippen molar-refractivity contribution < 1.29 is 0 Å². The molecule has 0 saturated heterocycles. The smallest absolute Gasteiger partial charge is 0.226 e. The monoisotopic (exact) mass is 286 g/mol. The van der Waals surface area contributed by atoms with Gasteiger partial charge in [0.25, 0.3) is 0 Å². The Bertz CT molecular complexity index is 426. The first-order valence-corrected chi connectivity index (χ1v) is 6.42. The van der Waals surface area contributed by atoms with E-state index in [-0.39, 0.29) is 5.96 Å². The van der Waals surface area contributed by atoms with Crippen molar-refractivity contribution >= 4 is 35.0 Å². The van der Waals surface area contributed by atoms with E-state index in [1.54, 1.807) is 0 Å². The lowest BCUT2D eigenvalue weighted by Gasteiger charge is -2.07. The molecule has 6 heteroatoms. The summed E-state index contributed by atoms with van der Waals surface area (Å²) in [6.45, 7) is 2.13. The number of guanidine groups is 1. The number of hydrogen-bond donors (Lipinski definition) is 2. The number of hydrogen-bond acceptors (Lipinski definition) is 2. The minimum absolute atomic E-state index is 0.0691. The second-order valence-electron chi connectivity index (χ2n) is 3.75. The maximum atomic E-state index is 5.86. The lowest BCUT2D eigenvalue weighted by atomic mass is 10.1. The zero-order chi connectivity index (χ0) is 13.4. The topological polar surface area (TPSA) is 62.8 Å². The fourth-order valence-electron chi connectivity index (χ4n) is 1.39. The van der Waals surface area contributed by atoms with Crippen LogP contribution in [0.15, 0.2) is 33.9 Å². The van der Waals surface area contributed by atoms with Gasteiger partial charge in [-0.05, 0) is 30.5 Å². The Morgan fingerprint density at radius 2 is 2.00 bits per heavy atom. The van der Waals surface area contributed by atoms with E-state index in [0.29, 0.717) is 5.02 Å². The van der Waals surface area contributed by atoms with Crippen LogP contribution in [0.5, 0.6) is 0 Å². The van der Waals surface area contributed by atoms with E-state index in [0.717, 1.165) is 30.5 Å². The Morgan fingerprint density at radius 3 is 2.56 bits per heavy atom. The molecule has 0 amide bonds. The number of nitrogens with two attached hydrogens (primary N) is 1. The van der Waals surface area contributed by atoms with Crippen LogP contribution >= 0.6 is 23.4 Å². The average molecular weight is 287 g/mol. The normalized spacial score (nSPS) is 12.6. The van der Waals surface area contributed by atoms with Crippen LogP contribution in [-0.4, -0.2) is 11.7 Å². The number of nitrogens with one attached hydrogen (secondary N) is 1. The van der Waals surface area contributed by atoms with Gasteiger partial charge in [0, 0.05) is 16.8 Å². The van der Waals surface area contributed by atoms with Crippen molar-refractivity contribution in [3.63, 3.8) is 0 Å². The van der Waals surface area contributed by atoms with Gasteiger partial charge in [-0.25, -0.2) is 5.43 Å². The average Bonchev–Trinajstić information content (AvgIpc) is 2.40. The summed E-state index contributed by atoms with van der Waals surface area (Å²) < 4.78 is 3.28. The van der Waals surface area contributed by atoms with Crippen LogP contribution in [0.4, 0.5) is 0 Å². The van der Waals surface area contributed by atoms with Crippen molar-refractivity contribution in [1.29, 1.82) is 0 Å². The van der Waals surface area contributed by atoms with Crippen LogP contribution in [0.25, 0.3) is 0 Å². The molecule has 1 aromatic rings. The minimum atomic E-state index is 0.0691. The molecule has 1 aromatic carbocycles. The molecule has 0 radical (unpaired) electrons. The molecule has 0 bridgehead atoms. The first-order valence-electron chi connectivity index (χ1n) is 5.70. The van der Waals surface area contributed by atoms with E-state index in [1.165, 1.54) is 0 Å². The Kier molecular flexibility index (Phi) is 6.54. The predicted octanol–water partition coefficient (Wildman–Crippen LogP) is 3.29. The van der Waals surface area contributed by atoms with Gasteiger partial charge in [0.2, 0.25) is 5.96 Å². The number of halogens is 2. The summed E-state index contributed by atoms with van der Waals surface area (Å²) in [6, 6.07) is 7.51. The van der Waals surface area contributed by atoms with Crippen molar-refractivity contribution in [2.75, 3.05) is 0 Å². The highest BCUT2D eigenvalue weighted by Gasteiger charge is 2.04. The third kappa shape index (κ3) is 4.94. The highest BCUT2D eigenvalue weighted by atomic mass is 35.5. The minimum Gasteiger partial charge on any atom is -0.367 e. The maximum absolute atomic E-state index is 5.86. The number of rotatable bonds is 5. The highest BCUT2D eigenvalue weighted by Crippen LogP contribution is 2.13. The first kappa shape index (κ1) is 14.8. The van der Waals surface area contributed by atoms with Crippen LogP contribution in [0.2, 0.25) is 5.02 Å². The largest absolute Gasteiger partial charge is 0.367 e. The Morgan fingerprint density at radius 1 is 1.33 bits per heavy atom. The number of benzene rings is 1. The Balaban J connectivity index is 2.86. The molecule has 0 fully saturated rings. The Hall–Kier alpha value is -1.26. The zero-order valence-electron chi connectivity index (χ0n) is 10.2. The van der Waals surface area contributed by atoms with Crippen molar-refractivity contribution in [3.8, 4) is 0 Å². The van der Waals surface area contributed by atoms with E-state index < -0.39 is 0 Å². The molecule has 0 heterocycles. The van der Waals surface area contributed by atoms with E-state index in [1.807, 2.05) is 24.3 Å². The van der Waals surface area contributed by atoms with Gasteiger partial charge in [0.1, 0.15) is 0 Å². The number of hydrazone groups is 1. The third-order valence-electron chi connectivity index (χ3n) is 2.34. The number of nitrogens with zero attached hydrogens (tertiary/aromatic N) is 2. The molecule has 0 aromatic heterocycles. The van der Waals surface area contributed by atoms with Gasteiger partial charge < -0.3 is 5.73 Å². The Labute approximate surface area is 117 Å². The second kappa shape index (κ2) is 7.95. The van der Waals surface area contributed by atoms with Crippen molar-refractivity contribution in [2.45, 2.75) is 26.2 Å². The van der Waals surface area contributed by atoms with Crippen LogP contribution in [0.1, 0.15) is 31.7 Å². The molecule has 18 heavy (non-hydrogen) atoms. The molecule has 0 saturated carbocycles. The molecule has 0 aliphatic carbocycles. The van der Waals surface area contributed by atoms with Gasteiger partial charge in [-0.2, -0.15) is 5.10 Å². The van der Waals surface area contributed by atoms with Gasteiger partial charge >= 0.3 is 0 Å². The highest BCUT2D eigenvalue weighted by molar-refractivity contribution is 6.30. The molecule has 4 nitrogen and oxygen atoms in total. The summed E-state index contributed by atoms with van der Waals surface area (Å²) in [5.74, 6) is 0.0691. The molecule has 0 aliphatic rings. The lowest BCUT2D eigenvalue weighted by molar-refractivity contribution is 0.827.